The van der Waals surface area contributed by atoms with Crippen LogP contribution >= 0.6 is 0 Å². The zero-order chi connectivity index (χ0) is 34.1. The second-order valence-corrected chi connectivity index (χ2v) is 13.9. The van der Waals surface area contributed by atoms with Gasteiger partial charge in [0.25, 0.3) is 5.56 Å². The maximum Gasteiger partial charge on any atom is 0.431 e. The van der Waals surface area contributed by atoms with Crippen LogP contribution < -0.4 is 20.5 Å². The number of anilines is 1. The minimum atomic E-state index is -5.00. The Morgan fingerprint density at radius 2 is 1.92 bits per heavy atom. The van der Waals surface area contributed by atoms with Crippen molar-refractivity contribution in [2.75, 3.05) is 57.4 Å². The van der Waals surface area contributed by atoms with Crippen molar-refractivity contribution in [2.24, 2.45) is 5.41 Å². The lowest BCUT2D eigenvalue weighted by molar-refractivity contribution is -0.142. The Morgan fingerprint density at radius 1 is 1.12 bits per heavy atom. The van der Waals surface area contributed by atoms with E-state index in [1.165, 1.54) is 18.2 Å². The quantitative estimate of drug-likeness (QED) is 0.254. The van der Waals surface area contributed by atoms with Gasteiger partial charge in [-0.15, -0.1) is 0 Å². The number of piperazine rings is 1. The van der Waals surface area contributed by atoms with E-state index in [-0.39, 0.29) is 69.0 Å². The number of hydrogen-bond donors (Lipinski definition) is 2. The predicted molar refractivity (Wildman–Crippen MR) is 175 cm³/mol. The number of morpholine rings is 1. The van der Waals surface area contributed by atoms with Crippen molar-refractivity contribution in [3.63, 3.8) is 0 Å². The molecule has 0 radical (unpaired) electrons. The second kappa shape index (κ2) is 12.1. The molecule has 260 valence electrons. The molecule has 49 heavy (non-hydrogen) atoms. The number of halogens is 4. The molecule has 2 N–H and O–H groups in total. The van der Waals surface area contributed by atoms with Gasteiger partial charge in [0.2, 0.25) is 0 Å². The van der Waals surface area contributed by atoms with E-state index < -0.39 is 23.2 Å². The Balaban J connectivity index is 1.31. The lowest BCUT2D eigenvalue weighted by Crippen LogP contribution is -2.61. The molecule has 2 bridgehead atoms. The fourth-order valence-electron chi connectivity index (χ4n) is 7.82. The Hall–Kier alpha value is -4.01. The van der Waals surface area contributed by atoms with Gasteiger partial charge in [-0.05, 0) is 61.3 Å². The number of aromatic hydroxyl groups is 1. The highest BCUT2D eigenvalue weighted by atomic mass is 19.4. The molecular weight excluding hydrogens is 644 g/mol. The van der Waals surface area contributed by atoms with Crippen molar-refractivity contribution in [2.45, 2.75) is 57.3 Å². The number of nitrogens with one attached hydrogen (secondary N) is 1. The smallest absolute Gasteiger partial charge is 0.431 e. The van der Waals surface area contributed by atoms with Crippen LogP contribution in [0, 0.1) is 11.2 Å². The summed E-state index contributed by atoms with van der Waals surface area (Å²) in [4.78, 5) is 28.1. The molecule has 1 aliphatic carbocycles. The number of pyridine rings is 1. The minimum Gasteiger partial charge on any atom is -0.508 e. The van der Waals surface area contributed by atoms with Crippen LogP contribution in [-0.2, 0) is 17.3 Å². The lowest BCUT2D eigenvalue weighted by Gasteiger charge is -2.46. The van der Waals surface area contributed by atoms with Gasteiger partial charge in [0, 0.05) is 61.7 Å². The molecular formula is C35H38F4N6O4. The molecule has 2 unspecified atom stereocenters. The van der Waals surface area contributed by atoms with Crippen molar-refractivity contribution in [3.8, 4) is 17.4 Å². The zero-order valence-electron chi connectivity index (χ0n) is 27.2. The summed E-state index contributed by atoms with van der Waals surface area (Å²) in [5.74, 6) is -0.759. The molecule has 5 fully saturated rings. The van der Waals surface area contributed by atoms with Crippen molar-refractivity contribution in [3.05, 3.63) is 57.8 Å². The van der Waals surface area contributed by atoms with Crippen LogP contribution in [0.5, 0.6) is 11.8 Å². The fraction of sp³-hybridized carbons (Fsp3) is 0.514. The Bertz CT molecular complexity index is 1980. The number of aryl methyl sites for hydroxylation is 1. The molecule has 6 heterocycles. The number of phenols is 1. The van der Waals surface area contributed by atoms with Gasteiger partial charge in [0.1, 0.15) is 28.6 Å². The molecule has 1 saturated carbocycles. The van der Waals surface area contributed by atoms with E-state index in [1.54, 1.807) is 6.92 Å². The van der Waals surface area contributed by atoms with Crippen molar-refractivity contribution in [1.82, 2.24) is 24.8 Å². The molecule has 2 aromatic heterocycles. The first-order chi connectivity index (χ1) is 23.5. The van der Waals surface area contributed by atoms with Crippen LogP contribution in [0.25, 0.3) is 27.4 Å². The molecule has 4 aromatic rings. The standard InChI is InChI=1S/C35H38F4N6O4/c1-2-24-26(36)6-3-20-13-23(46)14-27(29(20)24)45-28(35(37,38)39)15-25-30(32(45)47)41-33(42-31(25)44-17-21-4-5-22(44)16-40-21)49-19-34(7-8-34)18-43-9-11-48-12-10-43/h3,6,13-15,21-22,40,46H,2,4-5,7-12,16-19H2,1H3. The molecule has 5 aliphatic rings. The highest BCUT2D eigenvalue weighted by molar-refractivity contribution is 5.96. The number of nitrogens with zero attached hydrogens (tertiary/aromatic N) is 5. The summed E-state index contributed by atoms with van der Waals surface area (Å²) in [7, 11) is 0. The van der Waals surface area contributed by atoms with Crippen LogP contribution in [0.15, 0.2) is 35.1 Å². The monoisotopic (exact) mass is 682 g/mol. The summed E-state index contributed by atoms with van der Waals surface area (Å²) in [5.41, 5.74) is -2.84. The molecule has 14 heteroatoms. The predicted octanol–water partition coefficient (Wildman–Crippen LogP) is 4.79. The number of ether oxygens (including phenoxy) is 2. The number of alkyl halides is 3. The van der Waals surface area contributed by atoms with E-state index in [1.807, 2.05) is 4.90 Å². The second-order valence-electron chi connectivity index (χ2n) is 13.9. The van der Waals surface area contributed by atoms with Gasteiger partial charge in [-0.25, -0.2) is 4.39 Å². The Labute approximate surface area is 279 Å². The normalized spacial score (nSPS) is 22.3. The number of piperidine rings is 2. The van der Waals surface area contributed by atoms with Gasteiger partial charge in [0.15, 0.2) is 0 Å². The first-order valence-electron chi connectivity index (χ1n) is 17.0. The van der Waals surface area contributed by atoms with Crippen LogP contribution in [0.4, 0.5) is 23.4 Å². The summed E-state index contributed by atoms with van der Waals surface area (Å²) in [6.07, 6.45) is -1.20. The summed E-state index contributed by atoms with van der Waals surface area (Å²) >= 11 is 0. The maximum atomic E-state index is 15.1. The first-order valence-corrected chi connectivity index (χ1v) is 17.0. The number of hydrogen-bond acceptors (Lipinski definition) is 9. The average molecular weight is 683 g/mol. The Kier molecular flexibility index (Phi) is 7.95. The molecule has 9 rings (SSSR count). The van der Waals surface area contributed by atoms with Crippen LogP contribution in [-0.4, -0.2) is 89.2 Å². The fourth-order valence-corrected chi connectivity index (χ4v) is 7.82. The van der Waals surface area contributed by atoms with Gasteiger partial charge in [0.05, 0.1) is 30.9 Å². The molecule has 10 nitrogen and oxygen atoms in total. The van der Waals surface area contributed by atoms with E-state index in [9.17, 15) is 9.90 Å². The number of fused-ring (bicyclic) bond motifs is 5. The van der Waals surface area contributed by atoms with Crippen molar-refractivity contribution < 1.29 is 32.1 Å². The number of aromatic nitrogens is 3. The van der Waals surface area contributed by atoms with Gasteiger partial charge >= 0.3 is 12.2 Å². The minimum absolute atomic E-state index is 0.0331. The van der Waals surface area contributed by atoms with Gasteiger partial charge < -0.3 is 24.8 Å². The largest absolute Gasteiger partial charge is 0.508 e. The van der Waals surface area contributed by atoms with Crippen LogP contribution in [0.3, 0.4) is 0 Å². The summed E-state index contributed by atoms with van der Waals surface area (Å²) in [5, 5.41) is 14.5. The average Bonchev–Trinajstić information content (AvgIpc) is 3.86. The van der Waals surface area contributed by atoms with Crippen molar-refractivity contribution in [1.29, 1.82) is 0 Å². The number of benzene rings is 2. The topological polar surface area (TPSA) is 105 Å². The number of rotatable bonds is 8. The number of phenolic OH excluding ortho intramolecular Hbond substituents is 1. The lowest BCUT2D eigenvalue weighted by atomic mass is 9.93. The van der Waals surface area contributed by atoms with E-state index in [4.69, 9.17) is 14.5 Å². The highest BCUT2D eigenvalue weighted by Crippen LogP contribution is 2.47. The summed E-state index contributed by atoms with van der Waals surface area (Å²) in [6.45, 7) is 6.96. The molecule has 4 saturated heterocycles. The Morgan fingerprint density at radius 3 is 2.57 bits per heavy atom. The molecule has 4 aliphatic heterocycles. The van der Waals surface area contributed by atoms with Crippen LogP contribution in [0.1, 0.15) is 43.9 Å². The molecule has 0 amide bonds. The summed E-state index contributed by atoms with van der Waals surface area (Å²) in [6, 6.07) is 5.92. The third kappa shape index (κ3) is 5.87. The van der Waals surface area contributed by atoms with Gasteiger partial charge in [-0.3, -0.25) is 14.3 Å². The third-order valence-corrected chi connectivity index (χ3v) is 10.6. The van der Waals surface area contributed by atoms with Crippen LogP contribution in [0.2, 0.25) is 0 Å². The third-order valence-electron chi connectivity index (χ3n) is 10.6. The van der Waals surface area contributed by atoms with Gasteiger partial charge in [-0.2, -0.15) is 23.1 Å². The van der Waals surface area contributed by atoms with E-state index in [2.05, 4.69) is 15.2 Å². The highest BCUT2D eigenvalue weighted by Gasteiger charge is 2.45. The first kappa shape index (κ1) is 32.2. The van der Waals surface area contributed by atoms with E-state index in [0.717, 1.165) is 57.5 Å². The maximum absolute atomic E-state index is 15.1. The van der Waals surface area contributed by atoms with E-state index >= 15 is 17.6 Å². The van der Waals surface area contributed by atoms with Gasteiger partial charge in [-0.1, -0.05) is 13.0 Å². The SMILES string of the molecule is CCc1c(F)ccc2cc(O)cc(-n3c(C(F)(F)F)cc4c(N5CC6CCC5CN6)nc(OCC5(CN6CCOCC6)CC5)nc4c3=O)c12. The van der Waals surface area contributed by atoms with E-state index in [0.29, 0.717) is 42.9 Å². The molecule has 0 spiro atoms. The molecule has 2 aromatic carbocycles. The molecule has 2 atom stereocenters. The summed E-state index contributed by atoms with van der Waals surface area (Å²) < 4.78 is 72.5. The zero-order valence-corrected chi connectivity index (χ0v) is 27.2. The van der Waals surface area contributed by atoms with Crippen molar-refractivity contribution >= 4 is 27.5 Å².